The molecule has 1 aromatic rings. The lowest BCUT2D eigenvalue weighted by Gasteiger charge is -2.14. The highest BCUT2D eigenvalue weighted by Crippen LogP contribution is 2.40. The summed E-state index contributed by atoms with van der Waals surface area (Å²) in [7, 11) is -4.82. The first-order valence-corrected chi connectivity index (χ1v) is 7.39. The summed E-state index contributed by atoms with van der Waals surface area (Å²) in [5, 5.41) is 30.6. The van der Waals surface area contributed by atoms with Crippen molar-refractivity contribution in [1.82, 2.24) is 9.97 Å². The number of aromatic nitrogens is 2. The van der Waals surface area contributed by atoms with Crippen LogP contribution < -0.4 is 10.8 Å². The van der Waals surface area contributed by atoms with Gasteiger partial charge in [0, 0.05) is 0 Å². The number of nitrogens with zero attached hydrogens (tertiary/aromatic N) is 1. The van der Waals surface area contributed by atoms with E-state index in [-0.39, 0.29) is 18.1 Å². The predicted octanol–water partition coefficient (Wildman–Crippen LogP) is -3.06. The van der Waals surface area contributed by atoms with Crippen LogP contribution in [0.1, 0.15) is 11.8 Å². The molecule has 0 radical (unpaired) electrons. The van der Waals surface area contributed by atoms with Gasteiger partial charge in [0.1, 0.15) is 24.4 Å². The fourth-order valence-corrected chi connectivity index (χ4v) is 2.79. The summed E-state index contributed by atoms with van der Waals surface area (Å²) in [4.78, 5) is 34.8. The van der Waals surface area contributed by atoms with Crippen LogP contribution in [-0.2, 0) is 14.1 Å². The number of H-pyrrole nitrogens is 1. The van der Waals surface area contributed by atoms with E-state index in [0.717, 1.165) is 0 Å². The molecule has 0 spiro atoms. The highest BCUT2D eigenvalue weighted by atomic mass is 31.2. The molecule has 0 aliphatic carbocycles. The van der Waals surface area contributed by atoms with E-state index in [2.05, 4.69) is 15.3 Å². The molecule has 0 aromatic carbocycles. The molecular formula is C9H14N3O8P. The Morgan fingerprint density at radius 2 is 2.05 bits per heavy atom. The first-order valence-electron chi connectivity index (χ1n) is 5.78. The topological polar surface area (TPSA) is 185 Å². The quantitative estimate of drug-likeness (QED) is 0.218. The maximum Gasteiger partial charge on any atom is 0.376 e. The fraction of sp³-hybridized carbons (Fsp3) is 0.556. The van der Waals surface area contributed by atoms with E-state index in [1.807, 2.05) is 0 Å². The second-order valence-electron chi connectivity index (χ2n) is 4.39. The molecule has 2 rings (SSSR count). The van der Waals surface area contributed by atoms with Crippen molar-refractivity contribution >= 4 is 25.4 Å². The second kappa shape index (κ2) is 5.81. The van der Waals surface area contributed by atoms with Crippen LogP contribution in [0.2, 0.25) is 0 Å². The average Bonchev–Trinajstić information content (AvgIpc) is 2.93. The lowest BCUT2D eigenvalue weighted by molar-refractivity contribution is -0.105. The van der Waals surface area contributed by atoms with Crippen LogP contribution in [0.4, 0.5) is 5.95 Å². The van der Waals surface area contributed by atoms with E-state index < -0.39 is 44.1 Å². The maximum atomic E-state index is 11.4. The van der Waals surface area contributed by atoms with Crippen molar-refractivity contribution in [2.24, 2.45) is 0 Å². The van der Waals surface area contributed by atoms with Gasteiger partial charge in [-0.25, -0.2) is 4.98 Å². The number of ether oxygens (including phenoxy) is 1. The van der Waals surface area contributed by atoms with E-state index in [1.165, 1.54) is 0 Å². The summed E-state index contributed by atoms with van der Waals surface area (Å²) in [5.74, 6) is -0.254. The van der Waals surface area contributed by atoms with Gasteiger partial charge in [-0.1, -0.05) is 0 Å². The molecule has 21 heavy (non-hydrogen) atoms. The van der Waals surface area contributed by atoms with Gasteiger partial charge in [-0.15, -0.1) is 0 Å². The van der Waals surface area contributed by atoms with Crippen LogP contribution in [0, 0.1) is 0 Å². The van der Waals surface area contributed by atoms with Crippen LogP contribution in [0.5, 0.6) is 0 Å². The van der Waals surface area contributed by atoms with Crippen molar-refractivity contribution in [1.29, 1.82) is 0 Å². The number of hydrogen-bond acceptors (Lipinski definition) is 7. The molecule has 1 aliphatic heterocycles. The zero-order valence-corrected chi connectivity index (χ0v) is 11.3. The minimum absolute atomic E-state index is 0.239. The molecule has 0 bridgehead atoms. The average molecular weight is 323 g/mol. The highest BCUT2D eigenvalue weighted by molar-refractivity contribution is 7.60. The van der Waals surface area contributed by atoms with Crippen LogP contribution >= 0.6 is 7.60 Å². The van der Waals surface area contributed by atoms with E-state index >= 15 is 0 Å². The van der Waals surface area contributed by atoms with E-state index in [4.69, 9.17) is 9.84 Å². The Balaban J connectivity index is 2.43. The Kier molecular flexibility index (Phi) is 4.44. The largest absolute Gasteiger partial charge is 0.394 e. The summed E-state index contributed by atoms with van der Waals surface area (Å²) in [6, 6.07) is 0. The van der Waals surface area contributed by atoms with Crippen LogP contribution in [-0.4, -0.2) is 66.4 Å². The summed E-state index contributed by atoms with van der Waals surface area (Å²) < 4.78 is 16.6. The Morgan fingerprint density at radius 1 is 1.38 bits per heavy atom. The highest BCUT2D eigenvalue weighted by Gasteiger charge is 2.46. The molecule has 1 amide bonds. The van der Waals surface area contributed by atoms with E-state index in [9.17, 15) is 29.4 Å². The molecule has 1 unspecified atom stereocenters. The molecule has 1 aliphatic rings. The number of carbonyl (C=O) groups is 1. The third kappa shape index (κ3) is 2.99. The smallest absolute Gasteiger partial charge is 0.376 e. The number of rotatable bonds is 5. The lowest BCUT2D eigenvalue weighted by Crippen LogP contribution is -2.33. The number of imidazole rings is 1. The second-order valence-corrected chi connectivity index (χ2v) is 5.90. The van der Waals surface area contributed by atoms with Gasteiger partial charge in [0.2, 0.25) is 12.4 Å². The van der Waals surface area contributed by atoms with Crippen LogP contribution in [0.3, 0.4) is 0 Å². The Labute approximate surface area is 117 Å². The number of anilines is 1. The predicted molar refractivity (Wildman–Crippen MR) is 66.7 cm³/mol. The zero-order chi connectivity index (χ0) is 15.8. The number of amides is 1. The van der Waals surface area contributed by atoms with Gasteiger partial charge in [-0.3, -0.25) is 14.7 Å². The molecule has 12 heteroatoms. The number of carbonyl (C=O) groups excluding carboxylic acids is 1. The molecule has 2 heterocycles. The van der Waals surface area contributed by atoms with Crippen molar-refractivity contribution in [2.75, 3.05) is 11.9 Å². The van der Waals surface area contributed by atoms with Gasteiger partial charge in [-0.2, -0.15) is 0 Å². The summed E-state index contributed by atoms with van der Waals surface area (Å²) in [6.45, 7) is -0.590. The van der Waals surface area contributed by atoms with Gasteiger partial charge in [0.25, 0.3) is 0 Å². The number of aromatic amines is 1. The first-order chi connectivity index (χ1) is 9.79. The number of hydrogen-bond donors (Lipinski definition) is 7. The van der Waals surface area contributed by atoms with Gasteiger partial charge in [-0.05, 0) is 0 Å². The number of aliphatic hydroxyl groups is 3. The molecule has 1 aromatic heterocycles. The fourth-order valence-electron chi connectivity index (χ4n) is 2.06. The number of nitrogens with one attached hydrogen (secondary N) is 2. The SMILES string of the molecule is O=CNc1nc(P(=O)(O)O)c(C2O[C@H](CO)[C@@H](O)[C@H]2O)[nH]1. The minimum atomic E-state index is -4.82. The third-order valence-electron chi connectivity index (χ3n) is 3.01. The van der Waals surface area contributed by atoms with Crippen molar-refractivity contribution in [2.45, 2.75) is 24.4 Å². The van der Waals surface area contributed by atoms with Crippen molar-refractivity contribution < 1.29 is 39.2 Å². The Hall–Kier alpha value is -1.33. The zero-order valence-electron chi connectivity index (χ0n) is 10.4. The van der Waals surface area contributed by atoms with Crippen molar-refractivity contribution in [3.63, 3.8) is 0 Å². The van der Waals surface area contributed by atoms with Crippen molar-refractivity contribution in [3.8, 4) is 0 Å². The van der Waals surface area contributed by atoms with Crippen LogP contribution in [0.25, 0.3) is 0 Å². The Morgan fingerprint density at radius 3 is 2.52 bits per heavy atom. The van der Waals surface area contributed by atoms with Crippen LogP contribution in [0.15, 0.2) is 0 Å². The monoisotopic (exact) mass is 323 g/mol. The molecule has 1 saturated heterocycles. The van der Waals surface area contributed by atoms with E-state index in [1.54, 1.807) is 0 Å². The first kappa shape index (κ1) is 16.0. The molecule has 0 saturated carbocycles. The third-order valence-corrected chi connectivity index (χ3v) is 3.90. The van der Waals surface area contributed by atoms with Crippen molar-refractivity contribution in [3.05, 3.63) is 5.69 Å². The van der Waals surface area contributed by atoms with Gasteiger partial charge < -0.3 is 34.8 Å². The maximum absolute atomic E-state index is 11.4. The molecule has 7 N–H and O–H groups in total. The Bertz CT molecular complexity index is 571. The number of aliphatic hydroxyl groups excluding tert-OH is 3. The summed E-state index contributed by atoms with van der Waals surface area (Å²) in [6.07, 6.45) is -5.18. The lowest BCUT2D eigenvalue weighted by atomic mass is 10.1. The van der Waals surface area contributed by atoms with E-state index in [0.29, 0.717) is 0 Å². The molecular weight excluding hydrogens is 309 g/mol. The summed E-state index contributed by atoms with van der Waals surface area (Å²) in [5.41, 5.74) is -1.00. The normalized spacial score (nSPS) is 29.6. The van der Waals surface area contributed by atoms with Gasteiger partial charge in [0.05, 0.1) is 12.3 Å². The molecule has 1 fully saturated rings. The van der Waals surface area contributed by atoms with Gasteiger partial charge >= 0.3 is 7.60 Å². The molecule has 4 atom stereocenters. The minimum Gasteiger partial charge on any atom is -0.394 e. The standard InChI is InChI=1S/C9H14N3O8P/c13-1-3-5(15)6(16)7(20-3)4-8(21(17,18)19)12-9(11-4)10-2-14/h2-3,5-7,13,15-16H,1H2,(H2,17,18,19)(H2,10,11,12,14)/t3-,5-,6-,7?/m1/s1. The molecule has 118 valence electrons. The van der Waals surface area contributed by atoms with Gasteiger partial charge in [0.15, 0.2) is 5.44 Å². The molecule has 11 nitrogen and oxygen atoms in total. The summed E-state index contributed by atoms with van der Waals surface area (Å²) >= 11 is 0.